The Morgan fingerprint density at radius 2 is 1.94 bits per heavy atom. The van der Waals surface area contributed by atoms with Crippen molar-refractivity contribution in [2.24, 2.45) is 0 Å². The van der Waals surface area contributed by atoms with Gasteiger partial charge in [-0.2, -0.15) is 5.10 Å². The summed E-state index contributed by atoms with van der Waals surface area (Å²) in [5.74, 6) is -0.189. The zero-order valence-corrected chi connectivity index (χ0v) is 18.5. The molecule has 1 aliphatic rings. The average molecular weight is 464 g/mol. The fourth-order valence-corrected chi connectivity index (χ4v) is 4.04. The van der Waals surface area contributed by atoms with Crippen LogP contribution in [-0.2, 0) is 24.4 Å². The SMILES string of the molecule is O=C(NCc1c[nH]c2ccc(Cl)cc12)c1cnn(Cc2ccc(CN3CCOC3=O)cc2)c1. The highest BCUT2D eigenvalue weighted by atomic mass is 35.5. The molecule has 0 aliphatic carbocycles. The second-order valence-electron chi connectivity index (χ2n) is 7.97. The van der Waals surface area contributed by atoms with Crippen molar-refractivity contribution in [2.45, 2.75) is 19.6 Å². The molecule has 2 amide bonds. The maximum absolute atomic E-state index is 12.6. The second-order valence-corrected chi connectivity index (χ2v) is 8.40. The zero-order valence-electron chi connectivity index (χ0n) is 17.8. The van der Waals surface area contributed by atoms with Crippen LogP contribution in [0.15, 0.2) is 61.1 Å². The largest absolute Gasteiger partial charge is 0.448 e. The van der Waals surface area contributed by atoms with Gasteiger partial charge in [0.05, 0.1) is 24.8 Å². The van der Waals surface area contributed by atoms with Crippen molar-refractivity contribution in [3.63, 3.8) is 0 Å². The molecule has 2 aromatic carbocycles. The van der Waals surface area contributed by atoms with E-state index in [9.17, 15) is 9.59 Å². The second kappa shape index (κ2) is 8.99. The van der Waals surface area contributed by atoms with Crippen LogP contribution < -0.4 is 5.32 Å². The lowest BCUT2D eigenvalue weighted by Crippen LogP contribution is -2.23. The van der Waals surface area contributed by atoms with Crippen LogP contribution in [0.1, 0.15) is 27.0 Å². The number of ether oxygens (including phenoxy) is 1. The van der Waals surface area contributed by atoms with Crippen LogP contribution in [0.4, 0.5) is 4.79 Å². The molecule has 0 atom stereocenters. The molecule has 3 heterocycles. The van der Waals surface area contributed by atoms with E-state index >= 15 is 0 Å². The Hall–Kier alpha value is -3.78. The smallest absolute Gasteiger partial charge is 0.410 e. The molecule has 33 heavy (non-hydrogen) atoms. The highest BCUT2D eigenvalue weighted by Crippen LogP contribution is 2.22. The summed E-state index contributed by atoms with van der Waals surface area (Å²) < 4.78 is 6.69. The van der Waals surface area contributed by atoms with Gasteiger partial charge in [-0.15, -0.1) is 0 Å². The Morgan fingerprint density at radius 3 is 2.70 bits per heavy atom. The van der Waals surface area contributed by atoms with Crippen LogP contribution in [0, 0.1) is 0 Å². The Labute approximate surface area is 195 Å². The molecule has 9 heteroatoms. The number of halogens is 1. The van der Waals surface area contributed by atoms with Gasteiger partial charge in [-0.25, -0.2) is 4.79 Å². The fourth-order valence-electron chi connectivity index (χ4n) is 3.87. The fraction of sp³-hybridized carbons (Fsp3) is 0.208. The van der Waals surface area contributed by atoms with Gasteiger partial charge in [0.15, 0.2) is 0 Å². The van der Waals surface area contributed by atoms with Crippen LogP contribution in [0.3, 0.4) is 0 Å². The molecule has 2 aromatic heterocycles. The topological polar surface area (TPSA) is 92.2 Å². The molecule has 2 N–H and O–H groups in total. The van der Waals surface area contributed by atoms with E-state index in [2.05, 4.69) is 15.4 Å². The summed E-state index contributed by atoms with van der Waals surface area (Å²) in [6, 6.07) is 13.6. The summed E-state index contributed by atoms with van der Waals surface area (Å²) in [7, 11) is 0. The van der Waals surface area contributed by atoms with Crippen molar-refractivity contribution in [3.05, 3.63) is 88.3 Å². The number of hydrogen-bond acceptors (Lipinski definition) is 4. The number of nitrogens with zero attached hydrogens (tertiary/aromatic N) is 3. The highest BCUT2D eigenvalue weighted by Gasteiger charge is 2.21. The first-order valence-corrected chi connectivity index (χ1v) is 11.0. The van der Waals surface area contributed by atoms with Crippen molar-refractivity contribution in [3.8, 4) is 0 Å². The molecule has 0 radical (unpaired) electrons. The van der Waals surface area contributed by atoms with Crippen LogP contribution >= 0.6 is 11.6 Å². The first kappa shape index (κ1) is 21.1. The molecule has 168 valence electrons. The monoisotopic (exact) mass is 463 g/mol. The number of benzene rings is 2. The average Bonchev–Trinajstić information content (AvgIpc) is 3.54. The van der Waals surface area contributed by atoms with E-state index in [-0.39, 0.29) is 12.0 Å². The van der Waals surface area contributed by atoms with E-state index in [4.69, 9.17) is 16.3 Å². The molecule has 1 fully saturated rings. The molecule has 1 aliphatic heterocycles. The first-order valence-electron chi connectivity index (χ1n) is 10.6. The van der Waals surface area contributed by atoms with Gasteiger partial charge in [0.2, 0.25) is 0 Å². The molecule has 0 saturated carbocycles. The molecular formula is C24H22ClN5O3. The van der Waals surface area contributed by atoms with E-state index in [1.54, 1.807) is 22.0 Å². The Balaban J connectivity index is 1.18. The van der Waals surface area contributed by atoms with Gasteiger partial charge in [0.1, 0.15) is 6.61 Å². The Bertz CT molecular complexity index is 1310. The lowest BCUT2D eigenvalue weighted by Gasteiger charge is -2.12. The van der Waals surface area contributed by atoms with Gasteiger partial charge in [-0.1, -0.05) is 35.9 Å². The summed E-state index contributed by atoms with van der Waals surface area (Å²) in [6.07, 6.45) is 4.90. The Morgan fingerprint density at radius 1 is 1.15 bits per heavy atom. The van der Waals surface area contributed by atoms with Crippen molar-refractivity contribution in [1.82, 2.24) is 25.0 Å². The minimum atomic E-state index is -0.269. The first-order chi connectivity index (χ1) is 16.0. The number of aromatic amines is 1. The number of fused-ring (bicyclic) bond motifs is 1. The van der Waals surface area contributed by atoms with Gasteiger partial charge >= 0.3 is 6.09 Å². The lowest BCUT2D eigenvalue weighted by molar-refractivity contribution is 0.0951. The number of cyclic esters (lactones) is 1. The van der Waals surface area contributed by atoms with Crippen molar-refractivity contribution in [2.75, 3.05) is 13.2 Å². The van der Waals surface area contributed by atoms with Crippen LogP contribution in [0.2, 0.25) is 5.02 Å². The van der Waals surface area contributed by atoms with E-state index < -0.39 is 0 Å². The molecule has 8 nitrogen and oxygen atoms in total. The third kappa shape index (κ3) is 4.70. The quantitative estimate of drug-likeness (QED) is 0.434. The van der Waals surface area contributed by atoms with Gasteiger partial charge in [-0.05, 0) is 34.9 Å². The predicted octanol–water partition coefficient (Wildman–Crippen LogP) is 3.95. The normalized spacial score (nSPS) is 13.5. The van der Waals surface area contributed by atoms with E-state index in [1.807, 2.05) is 48.7 Å². The third-order valence-electron chi connectivity index (χ3n) is 5.65. The van der Waals surface area contributed by atoms with Crippen LogP contribution in [0.5, 0.6) is 0 Å². The molecule has 1 saturated heterocycles. The van der Waals surface area contributed by atoms with Crippen molar-refractivity contribution in [1.29, 1.82) is 0 Å². The van der Waals surface area contributed by atoms with Crippen molar-refractivity contribution < 1.29 is 14.3 Å². The summed E-state index contributed by atoms with van der Waals surface area (Å²) in [6.45, 7) is 2.53. The number of hydrogen-bond donors (Lipinski definition) is 2. The van der Waals surface area contributed by atoms with E-state index in [0.29, 0.717) is 43.4 Å². The summed E-state index contributed by atoms with van der Waals surface area (Å²) in [5.41, 5.74) is 4.53. The van der Waals surface area contributed by atoms with E-state index in [1.165, 1.54) is 0 Å². The number of rotatable bonds is 7. The van der Waals surface area contributed by atoms with E-state index in [0.717, 1.165) is 27.6 Å². The predicted molar refractivity (Wildman–Crippen MR) is 124 cm³/mol. The minimum Gasteiger partial charge on any atom is -0.448 e. The number of carbonyl (C=O) groups is 2. The standard InChI is InChI=1S/C24H22ClN5O3/c25-20-5-6-22-21(9-20)18(10-26-22)11-27-23(31)19-12-28-30(15-19)14-17-3-1-16(2-4-17)13-29-7-8-33-24(29)32/h1-6,9-10,12,15,26H,7-8,11,13-14H2,(H,27,31). The minimum absolute atomic E-state index is 0.189. The number of carbonyl (C=O) groups excluding carboxylic acids is 2. The molecule has 0 spiro atoms. The molecule has 5 rings (SSSR count). The summed E-state index contributed by atoms with van der Waals surface area (Å²) >= 11 is 6.09. The van der Waals surface area contributed by atoms with Crippen molar-refractivity contribution >= 4 is 34.5 Å². The molecule has 0 bridgehead atoms. The number of nitrogens with one attached hydrogen (secondary N) is 2. The molecular weight excluding hydrogens is 442 g/mol. The number of H-pyrrole nitrogens is 1. The van der Waals surface area contributed by atoms with Gasteiger partial charge in [-0.3, -0.25) is 9.48 Å². The molecule has 0 unspecified atom stereocenters. The maximum atomic E-state index is 12.6. The molecule has 4 aromatic rings. The number of amides is 2. The zero-order chi connectivity index (χ0) is 22.8. The van der Waals surface area contributed by atoms with Gasteiger partial charge in [0, 0.05) is 41.4 Å². The lowest BCUT2D eigenvalue weighted by atomic mass is 10.1. The summed E-state index contributed by atoms with van der Waals surface area (Å²) in [5, 5.41) is 8.90. The highest BCUT2D eigenvalue weighted by molar-refractivity contribution is 6.31. The Kier molecular flexibility index (Phi) is 5.75. The van der Waals surface area contributed by atoms with Gasteiger partial charge < -0.3 is 19.9 Å². The maximum Gasteiger partial charge on any atom is 0.410 e. The third-order valence-corrected chi connectivity index (χ3v) is 5.89. The number of aromatic nitrogens is 3. The van der Waals surface area contributed by atoms with Crippen LogP contribution in [0.25, 0.3) is 10.9 Å². The van der Waals surface area contributed by atoms with Crippen LogP contribution in [-0.4, -0.2) is 44.8 Å². The summed E-state index contributed by atoms with van der Waals surface area (Å²) in [4.78, 5) is 29.0. The van der Waals surface area contributed by atoms with Gasteiger partial charge in [0.25, 0.3) is 5.91 Å².